The zero-order valence-electron chi connectivity index (χ0n) is 12.0. The minimum atomic E-state index is -0.425. The molecular weight excluding hydrogens is 264 g/mol. The quantitative estimate of drug-likeness (QED) is 0.856. The van der Waals surface area contributed by atoms with Crippen LogP contribution < -0.4 is 10.7 Å². The van der Waals surface area contributed by atoms with Crippen LogP contribution in [0.25, 0.3) is 0 Å². The molecule has 0 radical (unpaired) electrons. The number of fused-ring (bicyclic) bond motifs is 1. The van der Waals surface area contributed by atoms with Gasteiger partial charge in [0.2, 0.25) is 0 Å². The highest BCUT2D eigenvalue weighted by Gasteiger charge is 2.33. The maximum atomic E-state index is 9.48. The zero-order chi connectivity index (χ0) is 15.0. The number of anilines is 1. The van der Waals surface area contributed by atoms with Gasteiger partial charge in [0, 0.05) is 5.57 Å². The Morgan fingerprint density at radius 1 is 1.33 bits per heavy atom. The molecule has 2 heterocycles. The van der Waals surface area contributed by atoms with Crippen LogP contribution in [-0.2, 0) is 4.74 Å². The van der Waals surface area contributed by atoms with Crippen LogP contribution >= 0.6 is 0 Å². The Balaban J connectivity index is 2.13. The topological polar surface area (TPSA) is 74.6 Å². The third-order valence-electron chi connectivity index (χ3n) is 3.47. The molecule has 3 rings (SSSR count). The van der Waals surface area contributed by atoms with Crippen molar-refractivity contribution in [1.29, 1.82) is 5.26 Å². The Hall–Kier alpha value is -2.58. The Labute approximate surface area is 123 Å². The number of nitriles is 1. The van der Waals surface area contributed by atoms with Crippen molar-refractivity contribution in [3.63, 3.8) is 0 Å². The van der Waals surface area contributed by atoms with Crippen molar-refractivity contribution in [3.8, 4) is 6.07 Å². The summed E-state index contributed by atoms with van der Waals surface area (Å²) in [6, 6.07) is 11.7. The van der Waals surface area contributed by atoms with E-state index in [0.29, 0.717) is 18.0 Å². The van der Waals surface area contributed by atoms with E-state index in [1.807, 2.05) is 50.3 Å². The number of rotatable bonds is 1. The number of nitrogens with zero attached hydrogens (tertiary/aromatic N) is 3. The summed E-state index contributed by atoms with van der Waals surface area (Å²) < 4.78 is 5.74. The molecule has 21 heavy (non-hydrogen) atoms. The van der Waals surface area contributed by atoms with Crippen LogP contribution in [0.5, 0.6) is 0 Å². The SMILES string of the molecule is CC1(C)C=C2C(=NN(c3ccccc3)C(N)=C2C#N)CO1. The molecule has 0 bridgehead atoms. The fraction of sp³-hybridized carbons (Fsp3) is 0.250. The van der Waals surface area contributed by atoms with Gasteiger partial charge in [-0.15, -0.1) is 0 Å². The highest BCUT2D eigenvalue weighted by atomic mass is 16.5. The first-order valence-corrected chi connectivity index (χ1v) is 6.72. The first-order chi connectivity index (χ1) is 10.0. The molecule has 0 amide bonds. The van der Waals surface area contributed by atoms with Gasteiger partial charge in [-0.25, -0.2) is 5.01 Å². The standard InChI is InChI=1S/C16H16N4O/c1-16(2)8-12-13(9-17)15(18)20(19-14(12)10-21-16)11-6-4-3-5-7-11/h3-8H,10,18H2,1-2H3. The van der Waals surface area contributed by atoms with E-state index in [0.717, 1.165) is 17.0 Å². The lowest BCUT2D eigenvalue weighted by Gasteiger charge is -2.34. The van der Waals surface area contributed by atoms with Crippen LogP contribution in [0, 0.1) is 11.3 Å². The first-order valence-electron chi connectivity index (χ1n) is 6.72. The summed E-state index contributed by atoms with van der Waals surface area (Å²) in [5, 5.41) is 15.6. The van der Waals surface area contributed by atoms with Crippen molar-refractivity contribution in [2.75, 3.05) is 11.6 Å². The molecule has 106 valence electrons. The monoisotopic (exact) mass is 280 g/mol. The summed E-state index contributed by atoms with van der Waals surface area (Å²) in [5.41, 5.74) is 8.50. The van der Waals surface area contributed by atoms with E-state index in [1.54, 1.807) is 5.01 Å². The second-order valence-electron chi connectivity index (χ2n) is 5.52. The molecule has 0 saturated heterocycles. The molecule has 2 N–H and O–H groups in total. The highest BCUT2D eigenvalue weighted by Crippen LogP contribution is 2.32. The van der Waals surface area contributed by atoms with Gasteiger partial charge in [0.1, 0.15) is 17.5 Å². The number of nitrogens with two attached hydrogens (primary N) is 1. The molecule has 0 spiro atoms. The number of hydrogen-bond acceptors (Lipinski definition) is 5. The Bertz CT molecular complexity index is 708. The molecule has 2 aliphatic rings. The van der Waals surface area contributed by atoms with E-state index in [2.05, 4.69) is 11.2 Å². The number of allylic oxidation sites excluding steroid dienone is 1. The van der Waals surface area contributed by atoms with Gasteiger partial charge in [0.15, 0.2) is 0 Å². The van der Waals surface area contributed by atoms with Crippen molar-refractivity contribution in [2.45, 2.75) is 19.4 Å². The van der Waals surface area contributed by atoms with E-state index in [1.165, 1.54) is 0 Å². The molecule has 2 aliphatic heterocycles. The summed E-state index contributed by atoms with van der Waals surface area (Å²) in [6.07, 6.45) is 1.91. The van der Waals surface area contributed by atoms with E-state index < -0.39 is 5.60 Å². The van der Waals surface area contributed by atoms with Crippen LogP contribution in [-0.4, -0.2) is 17.9 Å². The highest BCUT2D eigenvalue weighted by molar-refractivity contribution is 6.08. The third kappa shape index (κ3) is 2.30. The summed E-state index contributed by atoms with van der Waals surface area (Å²) in [4.78, 5) is 0. The Morgan fingerprint density at radius 2 is 2.05 bits per heavy atom. The van der Waals surface area contributed by atoms with Crippen molar-refractivity contribution in [2.24, 2.45) is 10.8 Å². The molecule has 0 atom stereocenters. The van der Waals surface area contributed by atoms with E-state index in [-0.39, 0.29) is 0 Å². The number of hydrazone groups is 1. The number of para-hydroxylation sites is 1. The molecule has 0 saturated carbocycles. The molecule has 0 aliphatic carbocycles. The molecule has 1 aromatic rings. The van der Waals surface area contributed by atoms with Crippen molar-refractivity contribution in [1.82, 2.24) is 0 Å². The molecule has 5 nitrogen and oxygen atoms in total. The minimum absolute atomic E-state index is 0.344. The Morgan fingerprint density at radius 3 is 2.71 bits per heavy atom. The molecule has 1 aromatic carbocycles. The largest absolute Gasteiger partial charge is 0.383 e. The fourth-order valence-corrected chi connectivity index (χ4v) is 2.41. The van der Waals surface area contributed by atoms with Crippen LogP contribution in [0.2, 0.25) is 0 Å². The van der Waals surface area contributed by atoms with Gasteiger partial charge in [-0.1, -0.05) is 18.2 Å². The number of ether oxygens (including phenoxy) is 1. The van der Waals surface area contributed by atoms with Crippen molar-refractivity contribution >= 4 is 11.4 Å². The summed E-state index contributed by atoms with van der Waals surface area (Å²) >= 11 is 0. The zero-order valence-corrected chi connectivity index (χ0v) is 12.0. The number of benzene rings is 1. The van der Waals surface area contributed by atoms with Gasteiger partial charge < -0.3 is 10.5 Å². The molecule has 0 fully saturated rings. The predicted molar refractivity (Wildman–Crippen MR) is 81.3 cm³/mol. The maximum Gasteiger partial charge on any atom is 0.144 e. The van der Waals surface area contributed by atoms with Gasteiger partial charge in [-0.05, 0) is 32.1 Å². The van der Waals surface area contributed by atoms with Gasteiger partial charge in [-0.2, -0.15) is 10.4 Å². The smallest absolute Gasteiger partial charge is 0.144 e. The predicted octanol–water partition coefficient (Wildman–Crippen LogP) is 2.29. The molecule has 0 aromatic heterocycles. The van der Waals surface area contributed by atoms with Crippen LogP contribution in [0.4, 0.5) is 5.69 Å². The fourth-order valence-electron chi connectivity index (χ4n) is 2.41. The van der Waals surface area contributed by atoms with Crippen LogP contribution in [0.15, 0.2) is 58.5 Å². The van der Waals surface area contributed by atoms with Crippen LogP contribution in [0.1, 0.15) is 13.8 Å². The lowest BCUT2D eigenvalue weighted by atomic mass is 9.92. The first kappa shape index (κ1) is 13.4. The average Bonchev–Trinajstić information content (AvgIpc) is 2.47. The van der Waals surface area contributed by atoms with Crippen molar-refractivity contribution in [3.05, 3.63) is 53.4 Å². The van der Waals surface area contributed by atoms with Gasteiger partial charge in [0.05, 0.1) is 23.6 Å². The lowest BCUT2D eigenvalue weighted by molar-refractivity contribution is 0.0409. The minimum Gasteiger partial charge on any atom is -0.383 e. The summed E-state index contributed by atoms with van der Waals surface area (Å²) in [5.74, 6) is 0.344. The summed E-state index contributed by atoms with van der Waals surface area (Å²) in [6.45, 7) is 4.26. The van der Waals surface area contributed by atoms with E-state index in [4.69, 9.17) is 10.5 Å². The normalized spacial score (nSPS) is 20.3. The van der Waals surface area contributed by atoms with E-state index >= 15 is 0 Å². The lowest BCUT2D eigenvalue weighted by Crippen LogP contribution is -2.39. The van der Waals surface area contributed by atoms with Gasteiger partial charge in [-0.3, -0.25) is 0 Å². The van der Waals surface area contributed by atoms with Crippen molar-refractivity contribution < 1.29 is 4.74 Å². The van der Waals surface area contributed by atoms with E-state index in [9.17, 15) is 5.26 Å². The third-order valence-corrected chi connectivity index (χ3v) is 3.47. The second-order valence-corrected chi connectivity index (χ2v) is 5.52. The molecule has 0 unspecified atom stereocenters. The maximum absolute atomic E-state index is 9.48. The number of hydrogen-bond donors (Lipinski definition) is 1. The van der Waals surface area contributed by atoms with Gasteiger partial charge in [0.25, 0.3) is 0 Å². The Kier molecular flexibility index (Phi) is 3.04. The second kappa shape index (κ2) is 4.76. The average molecular weight is 280 g/mol. The van der Waals surface area contributed by atoms with Crippen LogP contribution in [0.3, 0.4) is 0 Å². The van der Waals surface area contributed by atoms with Gasteiger partial charge >= 0.3 is 0 Å². The molecule has 5 heteroatoms. The molecular formula is C16H16N4O. The summed E-state index contributed by atoms with van der Waals surface area (Å²) in [7, 11) is 0.